The molecule has 0 unspecified atom stereocenters. The van der Waals surface area contributed by atoms with Crippen molar-refractivity contribution in [2.24, 2.45) is 0 Å². The highest BCUT2D eigenvalue weighted by atomic mass is 32.1. The van der Waals surface area contributed by atoms with E-state index in [2.05, 4.69) is 31.0 Å². The van der Waals surface area contributed by atoms with E-state index in [1.165, 1.54) is 82.1 Å². The van der Waals surface area contributed by atoms with E-state index in [0.717, 1.165) is 0 Å². The third kappa shape index (κ3) is 6.23. The van der Waals surface area contributed by atoms with Gasteiger partial charge >= 0.3 is 0 Å². The highest BCUT2D eigenvalue weighted by Gasteiger charge is 2.33. The van der Waals surface area contributed by atoms with E-state index >= 15 is 0 Å². The average Bonchev–Trinajstić information content (AvgIpc) is 2.94. The van der Waals surface area contributed by atoms with Crippen molar-refractivity contribution in [2.45, 2.75) is 103 Å². The Hall–Kier alpha value is -0.640. The highest BCUT2D eigenvalue weighted by Crippen LogP contribution is 2.41. The molecule has 0 amide bonds. The molecule has 0 aliphatic rings. The van der Waals surface area contributed by atoms with E-state index in [1.807, 2.05) is 0 Å². The second-order valence-corrected chi connectivity index (χ2v) is 7.61. The molecule has 0 aliphatic heterocycles. The van der Waals surface area contributed by atoms with Crippen molar-refractivity contribution >= 4 is 16.5 Å². The number of hydrogen-bond donors (Lipinski definition) is 1. The zero-order valence-electron chi connectivity index (χ0n) is 14.9. The van der Waals surface area contributed by atoms with Crippen LogP contribution >= 0.6 is 11.3 Å². The van der Waals surface area contributed by atoms with Crippen LogP contribution in [0.25, 0.3) is 0 Å². The molecule has 0 saturated carbocycles. The Balaban J connectivity index is 2.54. The van der Waals surface area contributed by atoms with Gasteiger partial charge in [-0.3, -0.25) is 0 Å². The van der Waals surface area contributed by atoms with Crippen LogP contribution in [0.5, 0.6) is 0 Å². The molecule has 0 aliphatic carbocycles. The second kappa shape index (κ2) is 11.0. The molecule has 4 heteroatoms. The number of nitrogen functional groups attached to an aromatic ring is 1. The van der Waals surface area contributed by atoms with Crippen LogP contribution in [0.15, 0.2) is 0 Å². The first kappa shape index (κ1) is 19.4. The van der Waals surface area contributed by atoms with Gasteiger partial charge in [0.1, 0.15) is 5.01 Å². The fourth-order valence-electron chi connectivity index (χ4n) is 3.52. The van der Waals surface area contributed by atoms with E-state index in [-0.39, 0.29) is 5.41 Å². The Morgan fingerprint density at radius 3 is 1.86 bits per heavy atom. The minimum atomic E-state index is 0.224. The van der Waals surface area contributed by atoms with Crippen LogP contribution < -0.4 is 5.73 Å². The van der Waals surface area contributed by atoms with Crippen molar-refractivity contribution in [3.63, 3.8) is 0 Å². The number of rotatable bonds is 13. The number of nitrogens with zero attached hydrogens (tertiary/aromatic N) is 2. The van der Waals surface area contributed by atoms with E-state index < -0.39 is 0 Å². The summed E-state index contributed by atoms with van der Waals surface area (Å²) >= 11 is 1.61. The first-order valence-electron chi connectivity index (χ1n) is 9.28. The normalized spacial score (nSPS) is 12.0. The highest BCUT2D eigenvalue weighted by molar-refractivity contribution is 7.15. The van der Waals surface area contributed by atoms with Gasteiger partial charge < -0.3 is 5.73 Å². The quantitative estimate of drug-likeness (QED) is 0.446. The number of hydrogen-bond acceptors (Lipinski definition) is 4. The molecule has 0 atom stereocenters. The van der Waals surface area contributed by atoms with Crippen LogP contribution in [-0.2, 0) is 5.41 Å². The van der Waals surface area contributed by atoms with Gasteiger partial charge in [-0.05, 0) is 19.3 Å². The lowest BCUT2D eigenvalue weighted by Crippen LogP contribution is -2.26. The maximum absolute atomic E-state index is 5.84. The van der Waals surface area contributed by atoms with Crippen molar-refractivity contribution in [3.05, 3.63) is 5.01 Å². The molecule has 22 heavy (non-hydrogen) atoms. The fraction of sp³-hybridized carbons (Fsp3) is 0.889. The van der Waals surface area contributed by atoms with E-state index in [4.69, 9.17) is 5.73 Å². The van der Waals surface area contributed by atoms with Crippen LogP contribution in [0, 0.1) is 0 Å². The van der Waals surface area contributed by atoms with Crippen LogP contribution in [0.2, 0.25) is 0 Å². The summed E-state index contributed by atoms with van der Waals surface area (Å²) in [5, 5.41) is 10.3. The SMILES string of the molecule is CCCCCCCCCC(CCC)(CCC)c1nnc(N)s1. The van der Waals surface area contributed by atoms with Crippen molar-refractivity contribution in [1.82, 2.24) is 10.2 Å². The van der Waals surface area contributed by atoms with Gasteiger partial charge in [0, 0.05) is 5.41 Å². The Morgan fingerprint density at radius 1 is 0.773 bits per heavy atom. The van der Waals surface area contributed by atoms with Gasteiger partial charge in [-0.2, -0.15) is 0 Å². The van der Waals surface area contributed by atoms with Gasteiger partial charge in [0.25, 0.3) is 0 Å². The van der Waals surface area contributed by atoms with Gasteiger partial charge in [-0.25, -0.2) is 0 Å². The maximum atomic E-state index is 5.84. The number of anilines is 1. The fourth-order valence-corrected chi connectivity index (χ4v) is 4.41. The van der Waals surface area contributed by atoms with Crippen molar-refractivity contribution in [2.75, 3.05) is 5.73 Å². The minimum absolute atomic E-state index is 0.224. The smallest absolute Gasteiger partial charge is 0.203 e. The third-order valence-electron chi connectivity index (χ3n) is 4.61. The molecule has 0 aromatic carbocycles. The van der Waals surface area contributed by atoms with Crippen LogP contribution in [0.1, 0.15) is 103 Å². The third-order valence-corrected chi connectivity index (χ3v) is 5.61. The molecule has 1 heterocycles. The molecule has 0 saturated heterocycles. The van der Waals surface area contributed by atoms with Gasteiger partial charge in [0.05, 0.1) is 0 Å². The summed E-state index contributed by atoms with van der Waals surface area (Å²) in [6, 6.07) is 0. The summed E-state index contributed by atoms with van der Waals surface area (Å²) in [4.78, 5) is 0. The summed E-state index contributed by atoms with van der Waals surface area (Å²) in [6.07, 6.45) is 15.6. The molecule has 1 aromatic rings. The predicted octanol–water partition coefficient (Wildman–Crippen LogP) is 6.10. The van der Waals surface area contributed by atoms with Crippen molar-refractivity contribution < 1.29 is 0 Å². The molecule has 0 radical (unpaired) electrons. The summed E-state index contributed by atoms with van der Waals surface area (Å²) in [6.45, 7) is 6.83. The topological polar surface area (TPSA) is 51.8 Å². The molecule has 0 spiro atoms. The molecular formula is C18H35N3S. The number of aromatic nitrogens is 2. The first-order valence-corrected chi connectivity index (χ1v) is 10.1. The van der Waals surface area contributed by atoms with E-state index in [9.17, 15) is 0 Å². The molecule has 2 N–H and O–H groups in total. The number of nitrogens with two attached hydrogens (primary N) is 1. The molecule has 1 aromatic heterocycles. The Morgan fingerprint density at radius 2 is 1.36 bits per heavy atom. The minimum Gasteiger partial charge on any atom is -0.374 e. The van der Waals surface area contributed by atoms with Crippen molar-refractivity contribution in [3.8, 4) is 0 Å². The summed E-state index contributed by atoms with van der Waals surface area (Å²) in [7, 11) is 0. The summed E-state index contributed by atoms with van der Waals surface area (Å²) < 4.78 is 0. The molecule has 128 valence electrons. The van der Waals surface area contributed by atoms with E-state index in [0.29, 0.717) is 5.13 Å². The molecule has 0 fully saturated rings. The van der Waals surface area contributed by atoms with Crippen LogP contribution in [0.3, 0.4) is 0 Å². The molecular weight excluding hydrogens is 290 g/mol. The summed E-state index contributed by atoms with van der Waals surface area (Å²) in [5.41, 5.74) is 6.06. The lowest BCUT2D eigenvalue weighted by molar-refractivity contribution is 0.314. The number of unbranched alkanes of at least 4 members (excludes halogenated alkanes) is 6. The molecule has 3 nitrogen and oxygen atoms in total. The lowest BCUT2D eigenvalue weighted by atomic mass is 9.75. The largest absolute Gasteiger partial charge is 0.374 e. The first-order chi connectivity index (χ1) is 10.7. The van der Waals surface area contributed by atoms with Gasteiger partial charge in [0.2, 0.25) is 5.13 Å². The monoisotopic (exact) mass is 325 g/mol. The maximum Gasteiger partial charge on any atom is 0.203 e. The Kier molecular flexibility index (Phi) is 9.69. The second-order valence-electron chi connectivity index (χ2n) is 6.60. The zero-order valence-corrected chi connectivity index (χ0v) is 15.7. The van der Waals surface area contributed by atoms with Gasteiger partial charge in [-0.1, -0.05) is 89.9 Å². The predicted molar refractivity (Wildman–Crippen MR) is 98.4 cm³/mol. The molecule has 1 rings (SSSR count). The lowest BCUT2D eigenvalue weighted by Gasteiger charge is -2.31. The van der Waals surface area contributed by atoms with Crippen LogP contribution in [-0.4, -0.2) is 10.2 Å². The van der Waals surface area contributed by atoms with Crippen LogP contribution in [0.4, 0.5) is 5.13 Å². The van der Waals surface area contributed by atoms with Gasteiger partial charge in [-0.15, -0.1) is 10.2 Å². The van der Waals surface area contributed by atoms with Gasteiger partial charge in [0.15, 0.2) is 0 Å². The standard InChI is InChI=1S/C18H35N3S/c1-4-7-8-9-10-11-12-15-18(13-5-2,14-6-3)16-20-21-17(19)22-16/h4-15H2,1-3H3,(H2,19,21). The summed E-state index contributed by atoms with van der Waals surface area (Å²) in [5.74, 6) is 0. The Bertz CT molecular complexity index is 383. The zero-order chi connectivity index (χ0) is 16.3. The Labute approximate surface area is 141 Å². The molecule has 0 bridgehead atoms. The average molecular weight is 326 g/mol. The van der Waals surface area contributed by atoms with E-state index in [1.54, 1.807) is 11.3 Å². The van der Waals surface area contributed by atoms with Crippen molar-refractivity contribution in [1.29, 1.82) is 0 Å².